The standard InChI is InChI=1S/C22H26N2O6S/c1-29-16-2-4-17(5-3-16)30-18-6-8-19(9-7-18)31(27,28)22(20(25)24-26)14-21(15-22)10-12-23-13-11-21/h2-9,23,26H,10-15H2,1H3,(H,24,25). The van der Waals surface area contributed by atoms with E-state index >= 15 is 0 Å². The SMILES string of the molecule is COc1ccc(Oc2ccc(S(=O)(=O)C3(C(=O)NO)CC4(CCNCC4)C3)cc2)cc1. The number of carbonyl (C=O) groups is 1. The summed E-state index contributed by atoms with van der Waals surface area (Å²) in [4.78, 5) is 12.6. The van der Waals surface area contributed by atoms with Crippen molar-refractivity contribution in [3.63, 3.8) is 0 Å². The van der Waals surface area contributed by atoms with Gasteiger partial charge in [-0.1, -0.05) is 0 Å². The van der Waals surface area contributed by atoms with Gasteiger partial charge in [-0.2, -0.15) is 0 Å². The minimum Gasteiger partial charge on any atom is -0.497 e. The molecule has 2 aliphatic rings. The third kappa shape index (κ3) is 3.77. The first-order chi connectivity index (χ1) is 14.8. The Bertz CT molecular complexity index is 1040. The van der Waals surface area contributed by atoms with Gasteiger partial charge in [0.2, 0.25) is 0 Å². The summed E-state index contributed by atoms with van der Waals surface area (Å²) in [5.41, 5.74) is 1.41. The molecule has 8 nitrogen and oxygen atoms in total. The second-order valence-electron chi connectivity index (χ2n) is 8.29. The molecule has 31 heavy (non-hydrogen) atoms. The van der Waals surface area contributed by atoms with E-state index in [4.69, 9.17) is 9.47 Å². The zero-order valence-corrected chi connectivity index (χ0v) is 18.1. The number of nitrogens with one attached hydrogen (secondary N) is 2. The highest BCUT2D eigenvalue weighted by atomic mass is 32.2. The number of amides is 1. The minimum atomic E-state index is -4.01. The van der Waals surface area contributed by atoms with Crippen LogP contribution in [-0.2, 0) is 14.6 Å². The summed E-state index contributed by atoms with van der Waals surface area (Å²) in [6.45, 7) is 1.60. The lowest BCUT2D eigenvalue weighted by Crippen LogP contribution is -2.65. The summed E-state index contributed by atoms with van der Waals surface area (Å²) in [5, 5.41) is 12.5. The van der Waals surface area contributed by atoms with Crippen molar-refractivity contribution < 1.29 is 27.9 Å². The van der Waals surface area contributed by atoms with E-state index in [0.29, 0.717) is 17.2 Å². The van der Waals surface area contributed by atoms with E-state index in [1.807, 2.05) is 0 Å². The van der Waals surface area contributed by atoms with Crippen LogP contribution in [0.2, 0.25) is 0 Å². The van der Waals surface area contributed by atoms with Gasteiger partial charge in [-0.15, -0.1) is 0 Å². The molecule has 4 rings (SSSR count). The van der Waals surface area contributed by atoms with Crippen LogP contribution < -0.4 is 20.3 Å². The molecule has 1 aliphatic heterocycles. The highest BCUT2D eigenvalue weighted by Gasteiger charge is 2.66. The average molecular weight is 447 g/mol. The quantitative estimate of drug-likeness (QED) is 0.462. The van der Waals surface area contributed by atoms with Crippen LogP contribution in [-0.4, -0.2) is 44.5 Å². The Kier molecular flexibility index (Phi) is 5.67. The number of hydroxylamine groups is 1. The van der Waals surface area contributed by atoms with Crippen LogP contribution >= 0.6 is 0 Å². The molecule has 1 saturated carbocycles. The predicted molar refractivity (Wildman–Crippen MR) is 113 cm³/mol. The number of hydrogen-bond donors (Lipinski definition) is 3. The number of methoxy groups -OCH3 is 1. The topological polar surface area (TPSA) is 114 Å². The fourth-order valence-electron chi connectivity index (χ4n) is 4.74. The van der Waals surface area contributed by atoms with E-state index in [-0.39, 0.29) is 23.2 Å². The lowest BCUT2D eigenvalue weighted by Gasteiger charge is -2.55. The van der Waals surface area contributed by atoms with Crippen molar-refractivity contribution in [1.82, 2.24) is 10.8 Å². The Morgan fingerprint density at radius 3 is 2.00 bits per heavy atom. The summed E-state index contributed by atoms with van der Waals surface area (Å²) < 4.78 is 36.1. The van der Waals surface area contributed by atoms with Crippen molar-refractivity contribution in [2.75, 3.05) is 20.2 Å². The minimum absolute atomic E-state index is 0.0296. The molecule has 2 aromatic rings. The fraction of sp³-hybridized carbons (Fsp3) is 0.409. The van der Waals surface area contributed by atoms with Crippen molar-refractivity contribution in [3.05, 3.63) is 48.5 Å². The molecular formula is C22H26N2O6S. The Morgan fingerprint density at radius 1 is 0.968 bits per heavy atom. The van der Waals surface area contributed by atoms with Gasteiger partial charge in [-0.05, 0) is 92.7 Å². The molecule has 1 saturated heterocycles. The Morgan fingerprint density at radius 2 is 1.48 bits per heavy atom. The molecule has 0 radical (unpaired) electrons. The first-order valence-electron chi connectivity index (χ1n) is 10.2. The van der Waals surface area contributed by atoms with Crippen LogP contribution in [0.25, 0.3) is 0 Å². The smallest absolute Gasteiger partial charge is 0.265 e. The molecule has 0 unspecified atom stereocenters. The molecule has 9 heteroatoms. The lowest BCUT2D eigenvalue weighted by atomic mass is 9.57. The number of hydrogen-bond acceptors (Lipinski definition) is 7. The van der Waals surface area contributed by atoms with Gasteiger partial charge < -0.3 is 14.8 Å². The van der Waals surface area contributed by atoms with Gasteiger partial charge in [0.25, 0.3) is 5.91 Å². The van der Waals surface area contributed by atoms with Gasteiger partial charge in [0.05, 0.1) is 12.0 Å². The van der Waals surface area contributed by atoms with E-state index in [2.05, 4.69) is 5.32 Å². The van der Waals surface area contributed by atoms with E-state index in [9.17, 15) is 18.4 Å². The maximum atomic E-state index is 13.5. The van der Waals surface area contributed by atoms with E-state index in [1.165, 1.54) is 12.1 Å². The van der Waals surface area contributed by atoms with Crippen LogP contribution in [0.4, 0.5) is 0 Å². The van der Waals surface area contributed by atoms with Crippen LogP contribution in [0.3, 0.4) is 0 Å². The van der Waals surface area contributed by atoms with Gasteiger partial charge in [-0.25, -0.2) is 13.9 Å². The Hall–Kier alpha value is -2.62. The molecule has 0 atom stereocenters. The first-order valence-corrected chi connectivity index (χ1v) is 11.6. The molecule has 0 aromatic heterocycles. The van der Waals surface area contributed by atoms with Crippen LogP contribution in [0.15, 0.2) is 53.4 Å². The van der Waals surface area contributed by atoms with Crippen LogP contribution in [0.5, 0.6) is 17.2 Å². The van der Waals surface area contributed by atoms with Gasteiger partial charge in [0, 0.05) is 0 Å². The molecule has 1 amide bonds. The van der Waals surface area contributed by atoms with Crippen molar-refractivity contribution in [3.8, 4) is 17.2 Å². The van der Waals surface area contributed by atoms with Gasteiger partial charge >= 0.3 is 0 Å². The van der Waals surface area contributed by atoms with Crippen molar-refractivity contribution in [2.45, 2.75) is 35.3 Å². The Labute approximate surface area is 181 Å². The third-order valence-corrected chi connectivity index (χ3v) is 8.84. The Balaban J connectivity index is 1.55. The van der Waals surface area contributed by atoms with Crippen molar-refractivity contribution in [1.29, 1.82) is 0 Å². The second-order valence-corrected chi connectivity index (χ2v) is 10.6. The molecule has 166 valence electrons. The van der Waals surface area contributed by atoms with E-state index in [0.717, 1.165) is 25.9 Å². The zero-order chi connectivity index (χ0) is 22.1. The van der Waals surface area contributed by atoms with Gasteiger partial charge in [0.1, 0.15) is 17.2 Å². The summed E-state index contributed by atoms with van der Waals surface area (Å²) in [7, 11) is -2.44. The van der Waals surface area contributed by atoms with Gasteiger partial charge in [0.15, 0.2) is 14.6 Å². The van der Waals surface area contributed by atoms with Crippen LogP contribution in [0.1, 0.15) is 25.7 Å². The molecule has 2 fully saturated rings. The zero-order valence-electron chi connectivity index (χ0n) is 17.3. The third-order valence-electron chi connectivity index (χ3n) is 6.44. The number of benzene rings is 2. The molecule has 1 spiro atoms. The number of carbonyl (C=O) groups excluding carboxylic acids is 1. The lowest BCUT2D eigenvalue weighted by molar-refractivity contribution is -0.139. The summed E-state index contributed by atoms with van der Waals surface area (Å²) in [6.07, 6.45) is 2.05. The first kappa shape index (κ1) is 21.6. The molecule has 0 bridgehead atoms. The summed E-state index contributed by atoms with van der Waals surface area (Å²) in [6, 6.07) is 13.0. The number of sulfone groups is 1. The fourth-order valence-corrected chi connectivity index (χ4v) is 6.96. The normalized spacial score (nSPS) is 19.3. The molecule has 1 aliphatic carbocycles. The molecule has 3 N–H and O–H groups in total. The number of rotatable bonds is 6. The maximum Gasteiger partial charge on any atom is 0.265 e. The molecule has 2 aromatic carbocycles. The highest BCUT2D eigenvalue weighted by molar-refractivity contribution is 7.93. The van der Waals surface area contributed by atoms with Crippen molar-refractivity contribution >= 4 is 15.7 Å². The number of ether oxygens (including phenoxy) is 2. The molecular weight excluding hydrogens is 420 g/mol. The average Bonchev–Trinajstić information content (AvgIpc) is 2.78. The maximum absolute atomic E-state index is 13.5. The van der Waals surface area contributed by atoms with E-state index in [1.54, 1.807) is 49.0 Å². The monoisotopic (exact) mass is 446 g/mol. The summed E-state index contributed by atoms with van der Waals surface area (Å²) >= 11 is 0. The van der Waals surface area contributed by atoms with Crippen LogP contribution in [0, 0.1) is 5.41 Å². The highest BCUT2D eigenvalue weighted by Crippen LogP contribution is 2.58. The summed E-state index contributed by atoms with van der Waals surface area (Å²) in [5.74, 6) is 0.885. The number of piperidine rings is 1. The van der Waals surface area contributed by atoms with E-state index < -0.39 is 20.5 Å². The predicted octanol–water partition coefficient (Wildman–Crippen LogP) is 2.67. The second kappa shape index (κ2) is 8.14. The van der Waals surface area contributed by atoms with Crippen molar-refractivity contribution in [2.24, 2.45) is 5.41 Å². The largest absolute Gasteiger partial charge is 0.497 e. The van der Waals surface area contributed by atoms with Gasteiger partial charge in [-0.3, -0.25) is 10.0 Å². The molecule has 1 heterocycles.